The van der Waals surface area contributed by atoms with Crippen LogP contribution in [0, 0.1) is 5.82 Å². The molecule has 1 atom stereocenters. The van der Waals surface area contributed by atoms with E-state index in [0.29, 0.717) is 12.1 Å². The molecule has 1 heterocycles. The minimum Gasteiger partial charge on any atom is -0.372 e. The Bertz CT molecular complexity index is 690. The molecule has 0 saturated carbocycles. The zero-order valence-corrected chi connectivity index (χ0v) is 12.0. The molecule has 1 aliphatic rings. The third kappa shape index (κ3) is 3.00. The van der Waals surface area contributed by atoms with Crippen molar-refractivity contribution in [3.63, 3.8) is 0 Å². The number of hydrogen-bond acceptors (Lipinski definition) is 2. The second-order valence-electron chi connectivity index (χ2n) is 5.01. The van der Waals surface area contributed by atoms with Gasteiger partial charge in [-0.3, -0.25) is 4.79 Å². The van der Waals surface area contributed by atoms with E-state index in [0.717, 1.165) is 17.7 Å². The van der Waals surface area contributed by atoms with Crippen molar-refractivity contribution in [1.82, 2.24) is 0 Å². The van der Waals surface area contributed by atoms with Crippen LogP contribution >= 0.6 is 11.6 Å². The maximum Gasteiger partial charge on any atom is 0.246 e. The third-order valence-electron chi connectivity index (χ3n) is 3.55. The Morgan fingerprint density at radius 1 is 1.24 bits per heavy atom. The van der Waals surface area contributed by atoms with Crippen LogP contribution in [0.15, 0.2) is 42.5 Å². The maximum atomic E-state index is 13.1. The predicted molar refractivity (Wildman–Crippen MR) is 82.2 cm³/mol. The van der Waals surface area contributed by atoms with E-state index in [2.05, 4.69) is 10.6 Å². The Morgan fingerprint density at radius 3 is 2.86 bits per heavy atom. The summed E-state index contributed by atoms with van der Waals surface area (Å²) >= 11 is 5.99. The number of amides is 1. The number of nitrogens with one attached hydrogen (secondary N) is 2. The summed E-state index contributed by atoms with van der Waals surface area (Å²) < 4.78 is 13.1. The molecule has 1 amide bonds. The highest BCUT2D eigenvalue weighted by atomic mass is 35.5. The van der Waals surface area contributed by atoms with Crippen LogP contribution in [0.25, 0.3) is 0 Å². The SMILES string of the molecule is O=C1Nc2ccccc2CCC1Nc1ccc(F)cc1Cl. The Kier molecular flexibility index (Phi) is 3.80. The number of rotatable bonds is 2. The van der Waals surface area contributed by atoms with Gasteiger partial charge in [-0.2, -0.15) is 0 Å². The largest absolute Gasteiger partial charge is 0.372 e. The fourth-order valence-corrected chi connectivity index (χ4v) is 2.66. The number of hydrogen-bond donors (Lipinski definition) is 2. The summed E-state index contributed by atoms with van der Waals surface area (Å²) in [5.41, 5.74) is 2.52. The van der Waals surface area contributed by atoms with Gasteiger partial charge in [0.2, 0.25) is 5.91 Å². The van der Waals surface area contributed by atoms with Crippen LogP contribution in [0.5, 0.6) is 0 Å². The molecule has 1 aliphatic heterocycles. The summed E-state index contributed by atoms with van der Waals surface area (Å²) in [5, 5.41) is 6.26. The number of halogens is 2. The zero-order chi connectivity index (χ0) is 14.8. The number of benzene rings is 2. The van der Waals surface area contributed by atoms with Gasteiger partial charge in [0.05, 0.1) is 10.7 Å². The van der Waals surface area contributed by atoms with E-state index in [-0.39, 0.29) is 10.9 Å². The van der Waals surface area contributed by atoms with E-state index in [4.69, 9.17) is 11.6 Å². The summed E-state index contributed by atoms with van der Waals surface area (Å²) in [7, 11) is 0. The fraction of sp³-hybridized carbons (Fsp3) is 0.188. The molecule has 21 heavy (non-hydrogen) atoms. The van der Waals surface area contributed by atoms with E-state index in [1.165, 1.54) is 12.1 Å². The van der Waals surface area contributed by atoms with Gasteiger partial charge in [-0.05, 0) is 42.7 Å². The second-order valence-corrected chi connectivity index (χ2v) is 5.41. The van der Waals surface area contributed by atoms with Gasteiger partial charge in [0.15, 0.2) is 0 Å². The monoisotopic (exact) mass is 304 g/mol. The highest BCUT2D eigenvalue weighted by Gasteiger charge is 2.23. The second kappa shape index (κ2) is 5.74. The molecular weight excluding hydrogens is 291 g/mol. The number of para-hydroxylation sites is 1. The molecule has 5 heteroatoms. The topological polar surface area (TPSA) is 41.1 Å². The molecule has 0 radical (unpaired) electrons. The predicted octanol–water partition coefficient (Wildman–Crippen LogP) is 3.84. The lowest BCUT2D eigenvalue weighted by molar-refractivity contribution is -0.116. The van der Waals surface area contributed by atoms with Crippen molar-refractivity contribution < 1.29 is 9.18 Å². The molecule has 0 fully saturated rings. The number of fused-ring (bicyclic) bond motifs is 1. The molecule has 0 saturated heterocycles. The van der Waals surface area contributed by atoms with Crippen LogP contribution in [0.1, 0.15) is 12.0 Å². The molecule has 2 aromatic carbocycles. The lowest BCUT2D eigenvalue weighted by Gasteiger charge is -2.17. The molecule has 3 rings (SSSR count). The quantitative estimate of drug-likeness (QED) is 0.885. The molecule has 108 valence electrons. The van der Waals surface area contributed by atoms with Crippen molar-refractivity contribution >= 4 is 28.9 Å². The van der Waals surface area contributed by atoms with E-state index in [9.17, 15) is 9.18 Å². The molecular formula is C16H14ClFN2O. The number of carbonyl (C=O) groups excluding carboxylic acids is 1. The summed E-state index contributed by atoms with van der Waals surface area (Å²) in [6, 6.07) is 11.4. The van der Waals surface area contributed by atoms with Crippen molar-refractivity contribution in [3.05, 3.63) is 58.9 Å². The van der Waals surface area contributed by atoms with Crippen LogP contribution in [0.3, 0.4) is 0 Å². The average molecular weight is 305 g/mol. The van der Waals surface area contributed by atoms with Crippen LogP contribution in [-0.2, 0) is 11.2 Å². The first-order valence-corrected chi connectivity index (χ1v) is 7.11. The molecule has 2 N–H and O–H groups in total. The Labute approximate surface area is 127 Å². The van der Waals surface area contributed by atoms with Crippen molar-refractivity contribution in [3.8, 4) is 0 Å². The number of aryl methyl sites for hydroxylation is 1. The summed E-state index contributed by atoms with van der Waals surface area (Å²) in [6.45, 7) is 0. The average Bonchev–Trinajstić information content (AvgIpc) is 2.61. The fourth-order valence-electron chi connectivity index (χ4n) is 2.44. The lowest BCUT2D eigenvalue weighted by Crippen LogP contribution is -2.33. The number of anilines is 2. The van der Waals surface area contributed by atoms with Gasteiger partial charge in [-0.15, -0.1) is 0 Å². The van der Waals surface area contributed by atoms with E-state index in [1.807, 2.05) is 24.3 Å². The summed E-state index contributed by atoms with van der Waals surface area (Å²) in [6.07, 6.45) is 1.43. The molecule has 0 spiro atoms. The van der Waals surface area contributed by atoms with Gasteiger partial charge < -0.3 is 10.6 Å². The Hall–Kier alpha value is -2.07. The lowest BCUT2D eigenvalue weighted by atomic mass is 10.1. The molecule has 2 aromatic rings. The van der Waals surface area contributed by atoms with Gasteiger partial charge in [0.1, 0.15) is 11.9 Å². The van der Waals surface area contributed by atoms with E-state index < -0.39 is 11.9 Å². The molecule has 0 aliphatic carbocycles. The minimum atomic E-state index is -0.402. The number of carbonyl (C=O) groups is 1. The van der Waals surface area contributed by atoms with Gasteiger partial charge in [0, 0.05) is 5.69 Å². The van der Waals surface area contributed by atoms with Crippen LogP contribution in [0.2, 0.25) is 5.02 Å². The normalized spacial score (nSPS) is 17.6. The molecule has 0 bridgehead atoms. The van der Waals surface area contributed by atoms with Gasteiger partial charge in [0.25, 0.3) is 0 Å². The van der Waals surface area contributed by atoms with Crippen LogP contribution in [-0.4, -0.2) is 11.9 Å². The molecule has 1 unspecified atom stereocenters. The smallest absolute Gasteiger partial charge is 0.246 e. The molecule has 0 aromatic heterocycles. The van der Waals surface area contributed by atoms with E-state index in [1.54, 1.807) is 6.07 Å². The van der Waals surface area contributed by atoms with Crippen molar-refractivity contribution in [2.24, 2.45) is 0 Å². The van der Waals surface area contributed by atoms with Crippen molar-refractivity contribution in [2.75, 3.05) is 10.6 Å². The standard InChI is InChI=1S/C16H14ClFN2O/c17-12-9-11(18)6-8-14(12)19-15-7-5-10-3-1-2-4-13(10)20-16(15)21/h1-4,6,8-9,15,19H,5,7H2,(H,20,21). The van der Waals surface area contributed by atoms with E-state index >= 15 is 0 Å². The summed E-state index contributed by atoms with van der Waals surface area (Å²) in [5.74, 6) is -0.511. The first-order valence-electron chi connectivity index (χ1n) is 6.74. The van der Waals surface area contributed by atoms with Gasteiger partial charge in [-0.25, -0.2) is 4.39 Å². The van der Waals surface area contributed by atoms with Crippen molar-refractivity contribution in [2.45, 2.75) is 18.9 Å². The summed E-state index contributed by atoms with van der Waals surface area (Å²) in [4.78, 5) is 12.3. The van der Waals surface area contributed by atoms with Crippen LogP contribution < -0.4 is 10.6 Å². The maximum absolute atomic E-state index is 13.1. The first-order chi connectivity index (χ1) is 10.1. The molecule has 3 nitrogen and oxygen atoms in total. The highest BCUT2D eigenvalue weighted by Crippen LogP contribution is 2.26. The first kappa shape index (κ1) is 13.9. The minimum absolute atomic E-state index is 0.111. The Balaban J connectivity index is 1.80. The third-order valence-corrected chi connectivity index (χ3v) is 3.87. The van der Waals surface area contributed by atoms with Gasteiger partial charge in [-0.1, -0.05) is 29.8 Å². The van der Waals surface area contributed by atoms with Gasteiger partial charge >= 0.3 is 0 Å². The van der Waals surface area contributed by atoms with Crippen LogP contribution in [0.4, 0.5) is 15.8 Å². The van der Waals surface area contributed by atoms with Crippen molar-refractivity contribution in [1.29, 1.82) is 0 Å². The highest BCUT2D eigenvalue weighted by molar-refractivity contribution is 6.33. The Morgan fingerprint density at radius 2 is 2.05 bits per heavy atom. The zero-order valence-electron chi connectivity index (χ0n) is 11.2.